The van der Waals surface area contributed by atoms with E-state index in [-0.39, 0.29) is 0 Å². The molecule has 2 nitrogen and oxygen atoms in total. The number of nitrogens with zero attached hydrogens (tertiary/aromatic N) is 2. The van der Waals surface area contributed by atoms with Crippen LogP contribution in [-0.2, 0) is 6.54 Å². The van der Waals surface area contributed by atoms with Gasteiger partial charge in [0.2, 0.25) is 5.52 Å². The highest BCUT2D eigenvalue weighted by atomic mass is 32.2. The SMILES string of the molecule is CCCCN1/C(=C/C2=CC(=C/c3sc4ccccc4[n+]3CCCC)/CCC2)Sc2ccccc21. The van der Waals surface area contributed by atoms with E-state index in [4.69, 9.17) is 0 Å². The van der Waals surface area contributed by atoms with Crippen molar-refractivity contribution in [2.75, 3.05) is 11.4 Å². The number of hydrogen-bond donors (Lipinski definition) is 0. The summed E-state index contributed by atoms with van der Waals surface area (Å²) in [7, 11) is 0. The van der Waals surface area contributed by atoms with Crippen LogP contribution in [0.15, 0.2) is 81.8 Å². The summed E-state index contributed by atoms with van der Waals surface area (Å²) in [5, 5.41) is 2.78. The second kappa shape index (κ2) is 11.0. The topological polar surface area (TPSA) is 7.12 Å². The zero-order chi connectivity index (χ0) is 23.3. The molecule has 5 rings (SSSR count). The zero-order valence-electron chi connectivity index (χ0n) is 20.4. The molecule has 4 heteroatoms. The first-order valence-electron chi connectivity index (χ1n) is 12.9. The molecule has 2 heterocycles. The van der Waals surface area contributed by atoms with E-state index in [0.717, 1.165) is 13.1 Å². The Labute approximate surface area is 212 Å². The van der Waals surface area contributed by atoms with E-state index in [2.05, 4.69) is 90.1 Å². The first-order valence-corrected chi connectivity index (χ1v) is 14.5. The molecular weight excluding hydrogens is 452 g/mol. The van der Waals surface area contributed by atoms with Gasteiger partial charge in [-0.05, 0) is 61.1 Å². The van der Waals surface area contributed by atoms with Crippen molar-refractivity contribution >= 4 is 45.1 Å². The summed E-state index contributed by atoms with van der Waals surface area (Å²) in [6.07, 6.45) is 15.8. The van der Waals surface area contributed by atoms with Gasteiger partial charge in [0.1, 0.15) is 4.70 Å². The van der Waals surface area contributed by atoms with Crippen molar-refractivity contribution in [1.82, 2.24) is 0 Å². The largest absolute Gasteiger partial charge is 0.335 e. The van der Waals surface area contributed by atoms with Crippen LogP contribution in [0.4, 0.5) is 5.69 Å². The Bertz CT molecular complexity index is 1250. The lowest BCUT2D eigenvalue weighted by Crippen LogP contribution is -2.35. The summed E-state index contributed by atoms with van der Waals surface area (Å²) in [6, 6.07) is 17.7. The molecule has 0 fully saturated rings. The maximum Gasteiger partial charge on any atom is 0.263 e. The average molecular weight is 488 g/mol. The summed E-state index contributed by atoms with van der Waals surface area (Å²) in [4.78, 5) is 3.92. The molecule has 0 saturated heterocycles. The Balaban J connectivity index is 1.46. The van der Waals surface area contributed by atoms with Crippen LogP contribution in [0.1, 0.15) is 63.8 Å². The third-order valence-corrected chi connectivity index (χ3v) is 8.89. The number of unbranched alkanes of at least 4 members (excludes halogenated alkanes) is 2. The minimum Gasteiger partial charge on any atom is -0.335 e. The van der Waals surface area contributed by atoms with Crippen LogP contribution in [-0.4, -0.2) is 6.54 Å². The lowest BCUT2D eigenvalue weighted by Gasteiger charge is -2.21. The number of anilines is 1. The normalized spacial score (nSPS) is 18.2. The molecule has 2 aliphatic rings. The van der Waals surface area contributed by atoms with Gasteiger partial charge < -0.3 is 4.90 Å². The molecule has 0 amide bonds. The molecule has 1 aliphatic carbocycles. The number of thioether (sulfide) groups is 1. The first kappa shape index (κ1) is 23.4. The molecule has 0 saturated carbocycles. The van der Waals surface area contributed by atoms with Crippen LogP contribution in [0.3, 0.4) is 0 Å². The molecule has 34 heavy (non-hydrogen) atoms. The van der Waals surface area contributed by atoms with Gasteiger partial charge in [-0.1, -0.05) is 80.1 Å². The maximum absolute atomic E-state index is 2.53. The highest BCUT2D eigenvalue weighted by molar-refractivity contribution is 8.03. The lowest BCUT2D eigenvalue weighted by molar-refractivity contribution is -0.669. The summed E-state index contributed by atoms with van der Waals surface area (Å²) >= 11 is 3.87. The number of fused-ring (bicyclic) bond motifs is 2. The maximum atomic E-state index is 2.53. The predicted octanol–water partition coefficient (Wildman–Crippen LogP) is 8.74. The van der Waals surface area contributed by atoms with E-state index in [1.165, 1.54) is 86.9 Å². The summed E-state index contributed by atoms with van der Waals surface area (Å²) in [6.45, 7) is 6.75. The van der Waals surface area contributed by atoms with Crippen molar-refractivity contribution in [2.24, 2.45) is 0 Å². The fourth-order valence-electron chi connectivity index (χ4n) is 4.84. The van der Waals surface area contributed by atoms with E-state index in [9.17, 15) is 0 Å². The highest BCUT2D eigenvalue weighted by Crippen LogP contribution is 2.46. The van der Waals surface area contributed by atoms with Crippen LogP contribution < -0.4 is 9.47 Å². The van der Waals surface area contributed by atoms with Crippen LogP contribution in [0.2, 0.25) is 0 Å². The van der Waals surface area contributed by atoms with E-state index < -0.39 is 0 Å². The Hall–Kier alpha value is -2.30. The minimum absolute atomic E-state index is 1.10. The Morgan fingerprint density at radius 3 is 2.65 bits per heavy atom. The van der Waals surface area contributed by atoms with E-state index in [1.54, 1.807) is 0 Å². The quantitative estimate of drug-likeness (QED) is 0.293. The molecule has 0 radical (unpaired) electrons. The number of benzene rings is 2. The molecule has 1 aliphatic heterocycles. The number of rotatable bonds is 8. The van der Waals surface area contributed by atoms with Gasteiger partial charge in [-0.15, -0.1) is 0 Å². The fraction of sp³-hybridized carbons (Fsp3) is 0.367. The number of allylic oxidation sites excluding steroid dienone is 4. The van der Waals surface area contributed by atoms with Gasteiger partial charge in [0.25, 0.3) is 5.01 Å². The number of aryl methyl sites for hydroxylation is 1. The molecule has 1 aromatic heterocycles. The smallest absolute Gasteiger partial charge is 0.263 e. The third-order valence-electron chi connectivity index (χ3n) is 6.66. The standard InChI is InChI=1S/C30H35N2S2/c1-3-5-18-31-25-14-7-9-16-27(25)33-29(31)21-23-12-11-13-24(20-23)22-30-32(19-6-4-2)26-15-8-10-17-28(26)34-30/h7-10,14-17,20-22H,3-6,11-13,18-19H2,1-2H3/q+1. The molecule has 0 unspecified atom stereocenters. The van der Waals surface area contributed by atoms with Crippen molar-refractivity contribution < 1.29 is 4.57 Å². The van der Waals surface area contributed by atoms with Gasteiger partial charge in [0.15, 0.2) is 6.54 Å². The Kier molecular flexibility index (Phi) is 7.56. The average Bonchev–Trinajstić information content (AvgIpc) is 3.38. The Morgan fingerprint density at radius 2 is 1.76 bits per heavy atom. The molecule has 0 atom stereocenters. The zero-order valence-corrected chi connectivity index (χ0v) is 22.1. The van der Waals surface area contributed by atoms with Crippen molar-refractivity contribution in [3.63, 3.8) is 0 Å². The summed E-state index contributed by atoms with van der Waals surface area (Å²) in [5.41, 5.74) is 5.69. The van der Waals surface area contributed by atoms with Gasteiger partial charge in [-0.25, -0.2) is 0 Å². The Morgan fingerprint density at radius 1 is 0.941 bits per heavy atom. The molecule has 0 bridgehead atoms. The molecule has 2 aromatic carbocycles. The van der Waals surface area contributed by atoms with Gasteiger partial charge in [-0.3, -0.25) is 0 Å². The monoisotopic (exact) mass is 487 g/mol. The second-order valence-corrected chi connectivity index (χ2v) is 11.4. The molecule has 3 aromatic rings. The van der Waals surface area contributed by atoms with Gasteiger partial charge >= 0.3 is 0 Å². The van der Waals surface area contributed by atoms with E-state index >= 15 is 0 Å². The molecule has 0 spiro atoms. The van der Waals surface area contributed by atoms with Crippen molar-refractivity contribution in [3.05, 3.63) is 81.9 Å². The number of thiazole rings is 1. The minimum atomic E-state index is 1.10. The molecule has 0 N–H and O–H groups in total. The van der Waals surface area contributed by atoms with Crippen molar-refractivity contribution in [3.8, 4) is 0 Å². The molecule has 176 valence electrons. The van der Waals surface area contributed by atoms with Gasteiger partial charge in [0.05, 0.1) is 10.7 Å². The fourth-order valence-corrected chi connectivity index (χ4v) is 7.17. The summed E-state index contributed by atoms with van der Waals surface area (Å²) < 4.78 is 3.92. The lowest BCUT2D eigenvalue weighted by atomic mass is 9.95. The van der Waals surface area contributed by atoms with Gasteiger partial charge in [-0.2, -0.15) is 4.57 Å². The van der Waals surface area contributed by atoms with E-state index in [1.807, 2.05) is 23.1 Å². The first-order chi connectivity index (χ1) is 16.8. The third kappa shape index (κ3) is 5.04. The number of aromatic nitrogens is 1. The van der Waals surface area contributed by atoms with Crippen LogP contribution in [0, 0.1) is 0 Å². The van der Waals surface area contributed by atoms with Crippen LogP contribution in [0.5, 0.6) is 0 Å². The molecular formula is C30H35N2S2+. The van der Waals surface area contributed by atoms with Crippen LogP contribution >= 0.6 is 23.1 Å². The number of para-hydroxylation sites is 2. The summed E-state index contributed by atoms with van der Waals surface area (Å²) in [5.74, 6) is 0. The second-order valence-electron chi connectivity index (χ2n) is 9.26. The van der Waals surface area contributed by atoms with Crippen molar-refractivity contribution in [2.45, 2.75) is 70.2 Å². The van der Waals surface area contributed by atoms with E-state index in [0.29, 0.717) is 0 Å². The van der Waals surface area contributed by atoms with Gasteiger partial charge in [0, 0.05) is 30.0 Å². The van der Waals surface area contributed by atoms with Crippen LogP contribution in [0.25, 0.3) is 16.3 Å². The van der Waals surface area contributed by atoms with Crippen molar-refractivity contribution in [1.29, 1.82) is 0 Å². The number of hydrogen-bond acceptors (Lipinski definition) is 3. The predicted molar refractivity (Wildman–Crippen MR) is 149 cm³/mol. The highest BCUT2D eigenvalue weighted by Gasteiger charge is 2.25.